The summed E-state index contributed by atoms with van der Waals surface area (Å²) in [4.78, 5) is 17.6. The van der Waals surface area contributed by atoms with Crippen molar-refractivity contribution < 1.29 is 19.0 Å². The molecule has 4 aliphatic rings. The number of para-hydroxylation sites is 1. The van der Waals surface area contributed by atoms with Crippen LogP contribution in [-0.2, 0) is 9.53 Å². The van der Waals surface area contributed by atoms with E-state index in [-0.39, 0.29) is 0 Å². The van der Waals surface area contributed by atoms with E-state index in [2.05, 4.69) is 21.9 Å². The first-order chi connectivity index (χ1) is 16.2. The van der Waals surface area contributed by atoms with Crippen LogP contribution in [0.4, 0.5) is 5.69 Å². The summed E-state index contributed by atoms with van der Waals surface area (Å²) < 4.78 is 16.8. The minimum absolute atomic E-state index is 0.332. The molecule has 1 atom stereocenters. The minimum Gasteiger partial charge on any atom is -0.454 e. The van der Waals surface area contributed by atoms with Crippen LogP contribution in [0.2, 0.25) is 0 Å². The number of carbonyl (C=O) groups excluding carboxylic acids is 1. The van der Waals surface area contributed by atoms with Gasteiger partial charge in [0.2, 0.25) is 6.79 Å². The van der Waals surface area contributed by atoms with Crippen LogP contribution >= 0.6 is 0 Å². The first kappa shape index (κ1) is 23.0. The SMILES string of the molecule is O=C(CC1CCC(CCN2CCN(c3cccc4c3OCO4)CC2)CC1)C[C@H]1CCCOC1. The van der Waals surface area contributed by atoms with E-state index < -0.39 is 0 Å². The molecule has 2 saturated heterocycles. The first-order valence-corrected chi connectivity index (χ1v) is 13.2. The summed E-state index contributed by atoms with van der Waals surface area (Å²) in [5, 5.41) is 0. The van der Waals surface area contributed by atoms with Crippen molar-refractivity contribution in [1.29, 1.82) is 0 Å². The number of rotatable bonds is 8. The van der Waals surface area contributed by atoms with Crippen LogP contribution in [0, 0.1) is 17.8 Å². The smallest absolute Gasteiger partial charge is 0.231 e. The van der Waals surface area contributed by atoms with Crippen molar-refractivity contribution in [1.82, 2.24) is 4.90 Å². The number of carbonyl (C=O) groups is 1. The van der Waals surface area contributed by atoms with E-state index in [9.17, 15) is 4.79 Å². The fraction of sp³-hybridized carbons (Fsp3) is 0.741. The highest BCUT2D eigenvalue weighted by molar-refractivity contribution is 5.78. The molecule has 33 heavy (non-hydrogen) atoms. The standard InChI is InChI=1S/C27H40N2O4/c30-24(18-23-3-2-16-31-19-23)17-22-8-6-21(7-9-22)10-11-28-12-14-29(15-13-28)25-4-1-5-26-27(25)33-20-32-26/h1,4-5,21-23H,2-3,6-20H2/t21?,22?,23-/m1/s1. The number of ketones is 1. The van der Waals surface area contributed by atoms with E-state index in [1.807, 2.05) is 6.07 Å². The fourth-order valence-electron chi connectivity index (χ4n) is 6.16. The average Bonchev–Trinajstić information content (AvgIpc) is 3.34. The maximum Gasteiger partial charge on any atom is 0.231 e. The van der Waals surface area contributed by atoms with Gasteiger partial charge in [0.25, 0.3) is 0 Å². The number of hydrogen-bond acceptors (Lipinski definition) is 6. The molecule has 0 bridgehead atoms. The Bertz CT molecular complexity index is 778. The molecule has 1 saturated carbocycles. The largest absolute Gasteiger partial charge is 0.454 e. The second-order valence-corrected chi connectivity index (χ2v) is 10.5. The zero-order chi connectivity index (χ0) is 22.5. The van der Waals surface area contributed by atoms with Crippen LogP contribution in [0.15, 0.2) is 18.2 Å². The van der Waals surface area contributed by atoms with Gasteiger partial charge in [-0.1, -0.05) is 18.9 Å². The van der Waals surface area contributed by atoms with Gasteiger partial charge in [0, 0.05) is 52.2 Å². The predicted molar refractivity (Wildman–Crippen MR) is 129 cm³/mol. The van der Waals surface area contributed by atoms with Gasteiger partial charge in [0.1, 0.15) is 5.78 Å². The van der Waals surface area contributed by atoms with Crippen molar-refractivity contribution in [3.05, 3.63) is 18.2 Å². The molecule has 1 aliphatic carbocycles. The lowest BCUT2D eigenvalue weighted by Crippen LogP contribution is -2.47. The van der Waals surface area contributed by atoms with Crippen LogP contribution in [-0.4, -0.2) is 63.4 Å². The highest BCUT2D eigenvalue weighted by Crippen LogP contribution is 2.41. The van der Waals surface area contributed by atoms with Gasteiger partial charge < -0.3 is 19.1 Å². The molecule has 3 aliphatic heterocycles. The summed E-state index contributed by atoms with van der Waals surface area (Å²) in [6.45, 7) is 7.51. The second-order valence-electron chi connectivity index (χ2n) is 10.5. The van der Waals surface area contributed by atoms with Gasteiger partial charge >= 0.3 is 0 Å². The molecule has 3 fully saturated rings. The molecule has 6 nitrogen and oxygen atoms in total. The first-order valence-electron chi connectivity index (χ1n) is 13.2. The molecular weight excluding hydrogens is 416 g/mol. The number of hydrogen-bond donors (Lipinski definition) is 0. The van der Waals surface area contributed by atoms with E-state index in [0.29, 0.717) is 24.4 Å². The van der Waals surface area contributed by atoms with E-state index in [0.717, 1.165) is 76.1 Å². The van der Waals surface area contributed by atoms with Crippen molar-refractivity contribution in [2.75, 3.05) is 57.6 Å². The van der Waals surface area contributed by atoms with E-state index in [1.54, 1.807) is 0 Å². The van der Waals surface area contributed by atoms with Crippen molar-refractivity contribution in [2.24, 2.45) is 17.8 Å². The third-order valence-electron chi connectivity index (χ3n) is 8.20. The fourth-order valence-corrected chi connectivity index (χ4v) is 6.16. The molecule has 182 valence electrons. The summed E-state index contributed by atoms with van der Waals surface area (Å²) in [6, 6.07) is 6.19. The Morgan fingerprint density at radius 2 is 1.70 bits per heavy atom. The summed E-state index contributed by atoms with van der Waals surface area (Å²) in [6.07, 6.45) is 10.2. The number of anilines is 1. The zero-order valence-electron chi connectivity index (χ0n) is 20.0. The Morgan fingerprint density at radius 3 is 2.48 bits per heavy atom. The molecule has 0 unspecified atom stereocenters. The Hall–Kier alpha value is -1.79. The molecule has 5 rings (SSSR count). The Kier molecular flexibility index (Phi) is 7.72. The molecular formula is C27H40N2O4. The number of Topliss-reactive ketones (excluding diaryl/α,β-unsaturated/α-hetero) is 1. The Balaban J connectivity index is 0.980. The summed E-state index contributed by atoms with van der Waals surface area (Å²) in [5.74, 6) is 4.20. The van der Waals surface area contributed by atoms with Crippen molar-refractivity contribution in [2.45, 2.75) is 57.8 Å². The van der Waals surface area contributed by atoms with Gasteiger partial charge in [0.15, 0.2) is 11.5 Å². The molecule has 1 aromatic rings. The second kappa shape index (κ2) is 11.1. The van der Waals surface area contributed by atoms with E-state index in [4.69, 9.17) is 14.2 Å². The maximum atomic E-state index is 12.5. The van der Waals surface area contributed by atoms with Crippen LogP contribution in [0.1, 0.15) is 57.8 Å². The zero-order valence-corrected chi connectivity index (χ0v) is 20.0. The lowest BCUT2D eigenvalue weighted by atomic mass is 9.78. The number of ether oxygens (including phenoxy) is 3. The Labute approximate surface area is 198 Å². The van der Waals surface area contributed by atoms with Crippen molar-refractivity contribution in [3.8, 4) is 11.5 Å². The number of piperazine rings is 1. The van der Waals surface area contributed by atoms with Gasteiger partial charge in [-0.15, -0.1) is 0 Å². The van der Waals surface area contributed by atoms with Crippen LogP contribution < -0.4 is 14.4 Å². The van der Waals surface area contributed by atoms with Crippen LogP contribution in [0.5, 0.6) is 11.5 Å². The van der Waals surface area contributed by atoms with Gasteiger partial charge in [-0.2, -0.15) is 0 Å². The number of nitrogens with zero attached hydrogens (tertiary/aromatic N) is 2. The van der Waals surface area contributed by atoms with Crippen molar-refractivity contribution in [3.63, 3.8) is 0 Å². The van der Waals surface area contributed by atoms with Gasteiger partial charge in [0.05, 0.1) is 5.69 Å². The number of fused-ring (bicyclic) bond motifs is 1. The van der Waals surface area contributed by atoms with Crippen LogP contribution in [0.3, 0.4) is 0 Å². The molecule has 0 spiro atoms. The summed E-state index contributed by atoms with van der Waals surface area (Å²) in [7, 11) is 0. The molecule has 0 amide bonds. The maximum absolute atomic E-state index is 12.5. The quantitative estimate of drug-likeness (QED) is 0.574. The monoisotopic (exact) mass is 456 g/mol. The molecule has 6 heteroatoms. The lowest BCUT2D eigenvalue weighted by molar-refractivity contribution is -0.122. The summed E-state index contributed by atoms with van der Waals surface area (Å²) >= 11 is 0. The highest BCUT2D eigenvalue weighted by atomic mass is 16.7. The molecule has 3 heterocycles. The average molecular weight is 457 g/mol. The van der Waals surface area contributed by atoms with Gasteiger partial charge in [-0.25, -0.2) is 0 Å². The van der Waals surface area contributed by atoms with E-state index in [1.165, 1.54) is 50.8 Å². The van der Waals surface area contributed by atoms with Crippen molar-refractivity contribution >= 4 is 11.5 Å². The van der Waals surface area contributed by atoms with Crippen LogP contribution in [0.25, 0.3) is 0 Å². The molecule has 0 N–H and O–H groups in total. The van der Waals surface area contributed by atoms with E-state index >= 15 is 0 Å². The Morgan fingerprint density at radius 1 is 0.909 bits per heavy atom. The third-order valence-corrected chi connectivity index (χ3v) is 8.20. The summed E-state index contributed by atoms with van der Waals surface area (Å²) in [5.41, 5.74) is 1.17. The normalized spacial score (nSPS) is 28.1. The topological polar surface area (TPSA) is 51.2 Å². The third kappa shape index (κ3) is 6.02. The molecule has 1 aromatic carbocycles. The lowest BCUT2D eigenvalue weighted by Gasteiger charge is -2.37. The minimum atomic E-state index is 0.332. The van der Waals surface area contributed by atoms with Gasteiger partial charge in [-0.05, 0) is 68.5 Å². The van der Waals surface area contributed by atoms with Gasteiger partial charge in [-0.3, -0.25) is 9.69 Å². The predicted octanol–water partition coefficient (Wildman–Crippen LogP) is 4.51. The molecule has 0 radical (unpaired) electrons. The number of benzene rings is 1. The molecule has 0 aromatic heterocycles. The highest BCUT2D eigenvalue weighted by Gasteiger charge is 2.27.